The van der Waals surface area contributed by atoms with E-state index in [-0.39, 0.29) is 12.5 Å². The number of piperazine rings is 1. The first-order valence-corrected chi connectivity index (χ1v) is 7.71. The van der Waals surface area contributed by atoms with Gasteiger partial charge >= 0.3 is 6.18 Å². The molecule has 0 radical (unpaired) electrons. The standard InChI is InChI=1S/C16H22F3N3O2/c1-20(24-2)15(23)12-22-8-6-21(7-9-22)11-13-4-3-5-14(10-13)16(17,18)19/h3-5,10H,6-9,11-12H2,1-2H3. The van der Waals surface area contributed by atoms with Gasteiger partial charge in [-0.05, 0) is 11.6 Å². The van der Waals surface area contributed by atoms with Gasteiger partial charge in [-0.15, -0.1) is 0 Å². The summed E-state index contributed by atoms with van der Waals surface area (Å²) in [4.78, 5) is 20.7. The highest BCUT2D eigenvalue weighted by molar-refractivity contribution is 5.76. The summed E-state index contributed by atoms with van der Waals surface area (Å²) in [6.45, 7) is 3.57. The zero-order valence-corrected chi connectivity index (χ0v) is 13.8. The predicted octanol–water partition coefficient (Wildman–Crippen LogP) is 1.84. The van der Waals surface area contributed by atoms with Crippen molar-refractivity contribution in [2.45, 2.75) is 12.7 Å². The van der Waals surface area contributed by atoms with Gasteiger partial charge in [-0.1, -0.05) is 18.2 Å². The summed E-state index contributed by atoms with van der Waals surface area (Å²) in [5.74, 6) is -0.121. The number of hydroxylamine groups is 2. The minimum absolute atomic E-state index is 0.121. The molecule has 1 heterocycles. The molecule has 0 N–H and O–H groups in total. The summed E-state index contributed by atoms with van der Waals surface area (Å²) in [7, 11) is 3.00. The molecule has 5 nitrogen and oxygen atoms in total. The lowest BCUT2D eigenvalue weighted by Crippen LogP contribution is -2.49. The first-order valence-electron chi connectivity index (χ1n) is 7.71. The number of halogens is 3. The Bertz CT molecular complexity index is 558. The van der Waals surface area contributed by atoms with Gasteiger partial charge in [0.05, 0.1) is 19.2 Å². The van der Waals surface area contributed by atoms with Gasteiger partial charge in [-0.25, -0.2) is 5.06 Å². The molecule has 8 heteroatoms. The number of hydrogen-bond acceptors (Lipinski definition) is 4. The van der Waals surface area contributed by atoms with Gasteiger partial charge in [0.1, 0.15) is 0 Å². The molecule has 0 aliphatic carbocycles. The second-order valence-electron chi connectivity index (χ2n) is 5.82. The average Bonchev–Trinajstić information content (AvgIpc) is 2.55. The fourth-order valence-corrected chi connectivity index (χ4v) is 2.60. The molecule has 1 fully saturated rings. The first-order chi connectivity index (χ1) is 11.3. The fourth-order valence-electron chi connectivity index (χ4n) is 2.60. The zero-order chi connectivity index (χ0) is 17.7. The average molecular weight is 345 g/mol. The Balaban J connectivity index is 1.84. The van der Waals surface area contributed by atoms with E-state index in [0.29, 0.717) is 38.3 Å². The molecule has 134 valence electrons. The maximum Gasteiger partial charge on any atom is 0.416 e. The number of likely N-dealkylation sites (N-methyl/N-ethyl adjacent to an activating group) is 1. The van der Waals surface area contributed by atoms with E-state index >= 15 is 0 Å². The highest BCUT2D eigenvalue weighted by Gasteiger charge is 2.30. The molecule has 0 unspecified atom stereocenters. The Morgan fingerprint density at radius 3 is 2.42 bits per heavy atom. The van der Waals surface area contributed by atoms with Gasteiger partial charge in [0.25, 0.3) is 5.91 Å². The number of rotatable bonds is 5. The van der Waals surface area contributed by atoms with Crippen LogP contribution in [0.3, 0.4) is 0 Å². The highest BCUT2D eigenvalue weighted by atomic mass is 19.4. The lowest BCUT2D eigenvalue weighted by molar-refractivity contribution is -0.170. The molecule has 1 amide bonds. The van der Waals surface area contributed by atoms with Crippen LogP contribution in [0.15, 0.2) is 24.3 Å². The van der Waals surface area contributed by atoms with E-state index in [1.54, 1.807) is 13.1 Å². The Hall–Kier alpha value is -1.64. The van der Waals surface area contributed by atoms with Crippen molar-refractivity contribution in [1.29, 1.82) is 0 Å². The minimum atomic E-state index is -4.32. The van der Waals surface area contributed by atoms with Crippen molar-refractivity contribution < 1.29 is 22.8 Å². The molecule has 1 aromatic carbocycles. The molecule has 2 rings (SSSR count). The summed E-state index contributed by atoms with van der Waals surface area (Å²) in [6.07, 6.45) is -4.32. The largest absolute Gasteiger partial charge is 0.416 e. The molecule has 1 aromatic rings. The molecular formula is C16H22F3N3O2. The number of alkyl halides is 3. The summed E-state index contributed by atoms with van der Waals surface area (Å²) in [5.41, 5.74) is 0.0281. The number of carbonyl (C=O) groups is 1. The molecule has 0 atom stereocenters. The van der Waals surface area contributed by atoms with Gasteiger partial charge in [0, 0.05) is 39.8 Å². The third-order valence-electron chi connectivity index (χ3n) is 4.11. The van der Waals surface area contributed by atoms with E-state index in [4.69, 9.17) is 4.84 Å². The smallest absolute Gasteiger partial charge is 0.297 e. The zero-order valence-electron chi connectivity index (χ0n) is 13.8. The molecule has 0 aromatic heterocycles. The van der Waals surface area contributed by atoms with E-state index in [0.717, 1.165) is 6.07 Å². The van der Waals surface area contributed by atoms with Crippen LogP contribution in [-0.4, -0.2) is 67.7 Å². The van der Waals surface area contributed by atoms with Crippen LogP contribution in [0.2, 0.25) is 0 Å². The van der Waals surface area contributed by atoms with Gasteiger partial charge < -0.3 is 0 Å². The lowest BCUT2D eigenvalue weighted by Gasteiger charge is -2.34. The molecule has 1 aliphatic heterocycles. The minimum Gasteiger partial charge on any atom is -0.297 e. The number of amides is 1. The normalized spacial score (nSPS) is 17.0. The van der Waals surface area contributed by atoms with E-state index in [1.165, 1.54) is 24.3 Å². The Morgan fingerprint density at radius 1 is 1.21 bits per heavy atom. The summed E-state index contributed by atoms with van der Waals surface area (Å²) >= 11 is 0. The van der Waals surface area contributed by atoms with Crippen molar-refractivity contribution in [3.05, 3.63) is 35.4 Å². The summed E-state index contributed by atoms with van der Waals surface area (Å²) in [5, 5.41) is 1.19. The van der Waals surface area contributed by atoms with Gasteiger partial charge in [0.15, 0.2) is 0 Å². The van der Waals surface area contributed by atoms with Crippen LogP contribution < -0.4 is 0 Å². The van der Waals surface area contributed by atoms with Crippen LogP contribution in [0.1, 0.15) is 11.1 Å². The van der Waals surface area contributed by atoms with Gasteiger partial charge in [-0.3, -0.25) is 19.4 Å². The molecule has 0 bridgehead atoms. The molecule has 0 saturated carbocycles. The van der Waals surface area contributed by atoms with E-state index in [1.807, 2.05) is 4.90 Å². The molecule has 1 aliphatic rings. The van der Waals surface area contributed by atoms with Gasteiger partial charge in [0.2, 0.25) is 0 Å². The second-order valence-corrected chi connectivity index (χ2v) is 5.82. The highest BCUT2D eigenvalue weighted by Crippen LogP contribution is 2.29. The Kier molecular flexibility index (Phi) is 6.20. The summed E-state index contributed by atoms with van der Waals surface area (Å²) in [6, 6.07) is 5.43. The van der Waals surface area contributed by atoms with Crippen molar-refractivity contribution in [2.75, 3.05) is 46.9 Å². The molecule has 1 saturated heterocycles. The summed E-state index contributed by atoms with van der Waals surface area (Å²) < 4.78 is 38.2. The van der Waals surface area contributed by atoms with Crippen LogP contribution in [0.25, 0.3) is 0 Å². The van der Waals surface area contributed by atoms with E-state index in [2.05, 4.69) is 4.90 Å². The van der Waals surface area contributed by atoms with Crippen molar-refractivity contribution >= 4 is 5.91 Å². The topological polar surface area (TPSA) is 36.0 Å². The SMILES string of the molecule is CON(C)C(=O)CN1CCN(Cc2cccc(C(F)(F)F)c2)CC1. The molecule has 0 spiro atoms. The predicted molar refractivity (Wildman–Crippen MR) is 82.9 cm³/mol. The van der Waals surface area contributed by atoms with Crippen LogP contribution in [-0.2, 0) is 22.4 Å². The Labute approximate surface area is 139 Å². The number of hydrogen-bond donors (Lipinski definition) is 0. The van der Waals surface area contributed by atoms with Crippen molar-refractivity contribution in [3.8, 4) is 0 Å². The first kappa shape index (κ1) is 18.7. The third kappa shape index (κ3) is 5.19. The maximum atomic E-state index is 12.7. The van der Waals surface area contributed by atoms with E-state index in [9.17, 15) is 18.0 Å². The van der Waals surface area contributed by atoms with Crippen molar-refractivity contribution in [2.24, 2.45) is 0 Å². The van der Waals surface area contributed by atoms with E-state index < -0.39 is 11.7 Å². The molecular weight excluding hydrogens is 323 g/mol. The number of nitrogens with zero attached hydrogens (tertiary/aromatic N) is 3. The number of benzene rings is 1. The van der Waals surface area contributed by atoms with Crippen LogP contribution in [0.5, 0.6) is 0 Å². The fraction of sp³-hybridized carbons (Fsp3) is 0.562. The van der Waals surface area contributed by atoms with Crippen molar-refractivity contribution in [1.82, 2.24) is 14.9 Å². The Morgan fingerprint density at radius 2 is 1.83 bits per heavy atom. The van der Waals surface area contributed by atoms with Crippen LogP contribution in [0, 0.1) is 0 Å². The van der Waals surface area contributed by atoms with Gasteiger partial charge in [-0.2, -0.15) is 13.2 Å². The second kappa shape index (κ2) is 7.96. The number of carbonyl (C=O) groups excluding carboxylic acids is 1. The lowest BCUT2D eigenvalue weighted by atomic mass is 10.1. The molecule has 24 heavy (non-hydrogen) atoms. The van der Waals surface area contributed by atoms with Crippen LogP contribution in [0.4, 0.5) is 13.2 Å². The quantitative estimate of drug-likeness (QED) is 0.763. The third-order valence-corrected chi connectivity index (χ3v) is 4.11. The maximum absolute atomic E-state index is 12.7. The van der Waals surface area contributed by atoms with Crippen molar-refractivity contribution in [3.63, 3.8) is 0 Å². The monoisotopic (exact) mass is 345 g/mol. The van der Waals surface area contributed by atoms with Crippen LogP contribution >= 0.6 is 0 Å².